The van der Waals surface area contributed by atoms with E-state index in [-0.39, 0.29) is 12.4 Å². The van der Waals surface area contributed by atoms with Crippen molar-refractivity contribution in [3.05, 3.63) is 63.9 Å². The maximum Gasteiger partial charge on any atom is 0.124 e. The zero-order valence-corrected chi connectivity index (χ0v) is 11.4. The van der Waals surface area contributed by atoms with E-state index in [1.807, 2.05) is 13.0 Å². The summed E-state index contributed by atoms with van der Waals surface area (Å²) in [6, 6.07) is 9.96. The van der Waals surface area contributed by atoms with Gasteiger partial charge >= 0.3 is 0 Å². The first-order valence-electron chi connectivity index (χ1n) is 5.96. The van der Waals surface area contributed by atoms with Crippen LogP contribution in [0.2, 0.25) is 5.02 Å². The molecule has 0 aliphatic carbocycles. The molecule has 0 aromatic heterocycles. The van der Waals surface area contributed by atoms with E-state index >= 15 is 0 Å². The highest BCUT2D eigenvalue weighted by molar-refractivity contribution is 6.30. The molecule has 2 aromatic rings. The number of aryl methyl sites for hydroxylation is 1. The average Bonchev–Trinajstić information content (AvgIpc) is 2.40. The van der Waals surface area contributed by atoms with Crippen molar-refractivity contribution >= 4 is 11.6 Å². The van der Waals surface area contributed by atoms with Crippen LogP contribution in [0.3, 0.4) is 0 Å². The summed E-state index contributed by atoms with van der Waals surface area (Å²) in [6.45, 7) is 2.56. The van der Waals surface area contributed by atoms with Gasteiger partial charge < -0.3 is 10.5 Å². The quantitative estimate of drug-likeness (QED) is 0.923. The number of nitrogens with two attached hydrogens (primary N) is 1. The maximum atomic E-state index is 13.2. The van der Waals surface area contributed by atoms with E-state index in [1.165, 1.54) is 12.1 Å². The summed E-state index contributed by atoms with van der Waals surface area (Å²) < 4.78 is 18.9. The van der Waals surface area contributed by atoms with Gasteiger partial charge in [-0.1, -0.05) is 23.7 Å². The Balaban J connectivity index is 2.18. The Morgan fingerprint density at radius 2 is 1.95 bits per heavy atom. The van der Waals surface area contributed by atoms with E-state index in [0.29, 0.717) is 17.3 Å². The molecule has 0 aliphatic heterocycles. The molecular formula is C15H15ClFNO. The van der Waals surface area contributed by atoms with Crippen molar-refractivity contribution in [2.45, 2.75) is 20.1 Å². The third-order valence-electron chi connectivity index (χ3n) is 2.92. The van der Waals surface area contributed by atoms with Gasteiger partial charge in [0.2, 0.25) is 0 Å². The molecule has 0 bridgehead atoms. The Hall–Kier alpha value is -1.58. The van der Waals surface area contributed by atoms with Crippen LogP contribution in [0.5, 0.6) is 5.75 Å². The molecule has 0 fully saturated rings. The first kappa shape index (κ1) is 13.8. The predicted molar refractivity (Wildman–Crippen MR) is 74.8 cm³/mol. The van der Waals surface area contributed by atoms with Crippen molar-refractivity contribution in [3.63, 3.8) is 0 Å². The van der Waals surface area contributed by atoms with Crippen LogP contribution in [-0.2, 0) is 13.2 Å². The monoisotopic (exact) mass is 279 g/mol. The van der Waals surface area contributed by atoms with Gasteiger partial charge in [0.1, 0.15) is 18.2 Å². The average molecular weight is 280 g/mol. The lowest BCUT2D eigenvalue weighted by atomic mass is 10.1. The Morgan fingerprint density at radius 3 is 2.68 bits per heavy atom. The molecule has 0 spiro atoms. The summed E-state index contributed by atoms with van der Waals surface area (Å²) in [5.41, 5.74) is 8.23. The summed E-state index contributed by atoms with van der Waals surface area (Å²) >= 11 is 5.92. The molecule has 2 aromatic carbocycles. The van der Waals surface area contributed by atoms with Gasteiger partial charge in [0.05, 0.1) is 0 Å². The predicted octanol–water partition coefficient (Wildman–Crippen LogP) is 3.83. The van der Waals surface area contributed by atoms with Gasteiger partial charge in [-0.25, -0.2) is 4.39 Å². The first-order valence-corrected chi connectivity index (χ1v) is 6.34. The van der Waals surface area contributed by atoms with Crippen molar-refractivity contribution in [2.24, 2.45) is 5.73 Å². The molecule has 0 saturated carbocycles. The number of halogens is 2. The second-order valence-corrected chi connectivity index (χ2v) is 4.75. The van der Waals surface area contributed by atoms with Gasteiger partial charge in [-0.2, -0.15) is 0 Å². The second kappa shape index (κ2) is 6.04. The molecule has 0 amide bonds. The number of hydrogen-bond acceptors (Lipinski definition) is 2. The smallest absolute Gasteiger partial charge is 0.124 e. The van der Waals surface area contributed by atoms with Crippen molar-refractivity contribution in [1.82, 2.24) is 0 Å². The minimum absolute atomic E-state index is 0.269. The molecule has 4 heteroatoms. The fraction of sp³-hybridized carbons (Fsp3) is 0.200. The molecule has 0 saturated heterocycles. The largest absolute Gasteiger partial charge is 0.489 e. The molecule has 0 heterocycles. The minimum atomic E-state index is -0.293. The molecule has 0 aliphatic rings. The third-order valence-corrected chi connectivity index (χ3v) is 3.16. The highest BCUT2D eigenvalue weighted by Crippen LogP contribution is 2.24. The van der Waals surface area contributed by atoms with E-state index in [2.05, 4.69) is 0 Å². The molecule has 0 atom stereocenters. The first-order chi connectivity index (χ1) is 9.10. The summed E-state index contributed by atoms with van der Waals surface area (Å²) in [5, 5.41) is 0.610. The van der Waals surface area contributed by atoms with Gasteiger partial charge in [-0.15, -0.1) is 0 Å². The highest BCUT2D eigenvalue weighted by Gasteiger charge is 2.06. The number of ether oxygens (including phenoxy) is 1. The van der Waals surface area contributed by atoms with Crippen LogP contribution >= 0.6 is 11.6 Å². The Labute approximate surface area is 117 Å². The van der Waals surface area contributed by atoms with E-state index in [4.69, 9.17) is 22.1 Å². The normalized spacial score (nSPS) is 10.5. The fourth-order valence-corrected chi connectivity index (χ4v) is 1.98. The standard InChI is InChI=1S/C15H15ClFNO/c1-10-2-4-13(16)7-15(10)19-9-12-6-14(17)5-3-11(12)8-18/h2-7H,8-9,18H2,1H3. The maximum absolute atomic E-state index is 13.2. The lowest BCUT2D eigenvalue weighted by Crippen LogP contribution is -2.05. The van der Waals surface area contributed by atoms with Crippen LogP contribution in [0.1, 0.15) is 16.7 Å². The van der Waals surface area contributed by atoms with Crippen LogP contribution < -0.4 is 10.5 Å². The summed E-state index contributed by atoms with van der Waals surface area (Å²) in [7, 11) is 0. The van der Waals surface area contributed by atoms with E-state index in [9.17, 15) is 4.39 Å². The molecular weight excluding hydrogens is 265 g/mol. The third kappa shape index (κ3) is 3.46. The summed E-state index contributed by atoms with van der Waals surface area (Å²) in [5.74, 6) is 0.401. The molecule has 0 unspecified atom stereocenters. The SMILES string of the molecule is Cc1ccc(Cl)cc1OCc1cc(F)ccc1CN. The molecule has 0 radical (unpaired) electrons. The molecule has 100 valence electrons. The zero-order valence-electron chi connectivity index (χ0n) is 10.6. The lowest BCUT2D eigenvalue weighted by Gasteiger charge is -2.12. The van der Waals surface area contributed by atoms with Crippen molar-refractivity contribution in [1.29, 1.82) is 0 Å². The van der Waals surface area contributed by atoms with Gasteiger partial charge in [-0.05, 0) is 47.9 Å². The van der Waals surface area contributed by atoms with E-state index in [0.717, 1.165) is 16.7 Å². The van der Waals surface area contributed by atoms with Crippen molar-refractivity contribution in [3.8, 4) is 5.75 Å². The van der Waals surface area contributed by atoms with E-state index < -0.39 is 0 Å². The molecule has 19 heavy (non-hydrogen) atoms. The zero-order chi connectivity index (χ0) is 13.8. The second-order valence-electron chi connectivity index (χ2n) is 4.32. The fourth-order valence-electron chi connectivity index (χ4n) is 1.81. The highest BCUT2D eigenvalue weighted by atomic mass is 35.5. The van der Waals surface area contributed by atoms with Gasteiger partial charge in [0.25, 0.3) is 0 Å². The summed E-state index contributed by atoms with van der Waals surface area (Å²) in [4.78, 5) is 0. The number of rotatable bonds is 4. The van der Waals surface area contributed by atoms with Gasteiger partial charge in [0, 0.05) is 11.6 Å². The Bertz CT molecular complexity index is 586. The molecule has 2 N–H and O–H groups in total. The molecule has 2 nitrogen and oxygen atoms in total. The topological polar surface area (TPSA) is 35.2 Å². The van der Waals surface area contributed by atoms with Crippen molar-refractivity contribution < 1.29 is 9.13 Å². The van der Waals surface area contributed by atoms with Crippen molar-refractivity contribution in [2.75, 3.05) is 0 Å². The van der Waals surface area contributed by atoms with Gasteiger partial charge in [0.15, 0.2) is 0 Å². The number of hydrogen-bond donors (Lipinski definition) is 1. The van der Waals surface area contributed by atoms with Crippen LogP contribution in [0, 0.1) is 12.7 Å². The van der Waals surface area contributed by atoms with E-state index in [1.54, 1.807) is 18.2 Å². The Kier molecular flexibility index (Phi) is 4.40. The van der Waals surface area contributed by atoms with Crippen LogP contribution in [0.4, 0.5) is 4.39 Å². The van der Waals surface area contributed by atoms with Gasteiger partial charge in [-0.3, -0.25) is 0 Å². The van der Waals surface area contributed by atoms with Crippen LogP contribution in [-0.4, -0.2) is 0 Å². The lowest BCUT2D eigenvalue weighted by molar-refractivity contribution is 0.302. The molecule has 2 rings (SSSR count). The van der Waals surface area contributed by atoms with Crippen LogP contribution in [0.15, 0.2) is 36.4 Å². The van der Waals surface area contributed by atoms with Crippen LogP contribution in [0.25, 0.3) is 0 Å². The minimum Gasteiger partial charge on any atom is -0.489 e. The summed E-state index contributed by atoms with van der Waals surface area (Å²) in [6.07, 6.45) is 0. The number of benzene rings is 2. The Morgan fingerprint density at radius 1 is 1.16 bits per heavy atom.